The van der Waals surface area contributed by atoms with Crippen molar-refractivity contribution in [1.29, 1.82) is 0 Å². The van der Waals surface area contributed by atoms with Crippen molar-refractivity contribution in [3.8, 4) is 5.75 Å². The van der Waals surface area contributed by atoms with Gasteiger partial charge >= 0.3 is 6.18 Å². The second-order valence-corrected chi connectivity index (χ2v) is 7.83. The van der Waals surface area contributed by atoms with Crippen molar-refractivity contribution in [2.75, 3.05) is 23.8 Å². The fraction of sp³-hybridized carbons (Fsp3) is 0.333. The third kappa shape index (κ3) is 6.41. The molecule has 2 amide bonds. The number of halogens is 3. The molecule has 0 atom stereocenters. The molecule has 0 saturated carbocycles. The highest BCUT2D eigenvalue weighted by Gasteiger charge is 2.28. The number of thioether (sulfide) groups is 1. The van der Waals surface area contributed by atoms with Crippen molar-refractivity contribution in [2.45, 2.75) is 30.5 Å². The van der Waals surface area contributed by atoms with Crippen LogP contribution in [-0.4, -0.2) is 36.9 Å². The molecule has 0 spiro atoms. The van der Waals surface area contributed by atoms with Gasteiger partial charge in [-0.05, 0) is 29.8 Å². The molecule has 0 aromatic heterocycles. The van der Waals surface area contributed by atoms with E-state index in [4.69, 9.17) is 4.74 Å². The van der Waals surface area contributed by atoms with E-state index in [-0.39, 0.29) is 37.0 Å². The lowest BCUT2D eigenvalue weighted by atomic mass is 10.2. The first-order valence-corrected chi connectivity index (χ1v) is 10.4. The van der Waals surface area contributed by atoms with Crippen molar-refractivity contribution in [3.05, 3.63) is 54.1 Å². The monoisotopic (exact) mass is 438 g/mol. The lowest BCUT2D eigenvalue weighted by Crippen LogP contribution is -2.36. The Morgan fingerprint density at radius 1 is 1.10 bits per heavy atom. The van der Waals surface area contributed by atoms with Gasteiger partial charge in [0.05, 0.1) is 5.69 Å². The first kappa shape index (κ1) is 22.0. The van der Waals surface area contributed by atoms with E-state index < -0.39 is 12.8 Å². The van der Waals surface area contributed by atoms with E-state index in [0.717, 1.165) is 16.3 Å². The molecule has 3 rings (SSSR count). The summed E-state index contributed by atoms with van der Waals surface area (Å²) in [5.41, 5.74) is 1.48. The second kappa shape index (κ2) is 9.88. The van der Waals surface area contributed by atoms with E-state index in [0.29, 0.717) is 12.1 Å². The second-order valence-electron chi connectivity index (χ2n) is 6.69. The standard InChI is InChI=1S/C21H21F3N2O3S/c22-21(23,24)14-29-16-5-3-4-15(12-16)13-25-19(27)8-9-20(28)26-10-11-30-18-7-2-1-6-17(18)26/h1-7,12H,8-11,13-14H2,(H,25,27). The maximum atomic E-state index is 12.6. The molecule has 0 saturated heterocycles. The zero-order valence-corrected chi connectivity index (χ0v) is 16.9. The van der Waals surface area contributed by atoms with Crippen LogP contribution in [0.2, 0.25) is 0 Å². The molecule has 1 aliphatic rings. The van der Waals surface area contributed by atoms with Gasteiger partial charge < -0.3 is 15.0 Å². The number of amides is 2. The van der Waals surface area contributed by atoms with Crippen LogP contribution >= 0.6 is 11.8 Å². The Labute approximate surface area is 176 Å². The van der Waals surface area contributed by atoms with Gasteiger partial charge in [-0.3, -0.25) is 9.59 Å². The van der Waals surface area contributed by atoms with Crippen LogP contribution < -0.4 is 15.0 Å². The SMILES string of the molecule is O=C(CCC(=O)N1CCSc2ccccc21)NCc1cccc(OCC(F)(F)F)c1. The van der Waals surface area contributed by atoms with Crippen LogP contribution in [0.3, 0.4) is 0 Å². The minimum atomic E-state index is -4.41. The zero-order chi connectivity index (χ0) is 21.6. The van der Waals surface area contributed by atoms with Gasteiger partial charge in [-0.15, -0.1) is 11.8 Å². The van der Waals surface area contributed by atoms with Crippen molar-refractivity contribution < 1.29 is 27.5 Å². The van der Waals surface area contributed by atoms with Gasteiger partial charge in [-0.1, -0.05) is 24.3 Å². The normalized spacial score (nSPS) is 13.5. The summed E-state index contributed by atoms with van der Waals surface area (Å²) in [7, 11) is 0. The number of para-hydroxylation sites is 1. The Morgan fingerprint density at radius 2 is 1.90 bits per heavy atom. The number of carbonyl (C=O) groups is 2. The van der Waals surface area contributed by atoms with E-state index in [2.05, 4.69) is 5.32 Å². The summed E-state index contributed by atoms with van der Waals surface area (Å²) in [6.45, 7) is -0.630. The number of benzene rings is 2. The number of ether oxygens (including phenoxy) is 1. The van der Waals surface area contributed by atoms with Crippen LogP contribution in [0.15, 0.2) is 53.4 Å². The van der Waals surface area contributed by atoms with Gasteiger partial charge in [0.25, 0.3) is 0 Å². The summed E-state index contributed by atoms with van der Waals surface area (Å²) in [6.07, 6.45) is -4.29. The topological polar surface area (TPSA) is 58.6 Å². The Morgan fingerprint density at radius 3 is 2.70 bits per heavy atom. The molecule has 5 nitrogen and oxygen atoms in total. The number of fused-ring (bicyclic) bond motifs is 1. The quantitative estimate of drug-likeness (QED) is 0.705. The van der Waals surface area contributed by atoms with E-state index >= 15 is 0 Å². The van der Waals surface area contributed by atoms with Crippen LogP contribution in [0, 0.1) is 0 Å². The molecule has 1 aliphatic heterocycles. The van der Waals surface area contributed by atoms with Crippen LogP contribution in [0.4, 0.5) is 18.9 Å². The Hall–Kier alpha value is -2.68. The van der Waals surface area contributed by atoms with Crippen molar-refractivity contribution >= 4 is 29.3 Å². The van der Waals surface area contributed by atoms with E-state index in [1.165, 1.54) is 12.1 Å². The maximum Gasteiger partial charge on any atom is 0.422 e. The highest BCUT2D eigenvalue weighted by atomic mass is 32.2. The molecule has 0 unspecified atom stereocenters. The number of hydrogen-bond acceptors (Lipinski definition) is 4. The highest BCUT2D eigenvalue weighted by molar-refractivity contribution is 7.99. The van der Waals surface area contributed by atoms with E-state index in [1.807, 2.05) is 24.3 Å². The van der Waals surface area contributed by atoms with Gasteiger partial charge in [0.2, 0.25) is 11.8 Å². The molecule has 9 heteroatoms. The fourth-order valence-electron chi connectivity index (χ4n) is 2.98. The largest absolute Gasteiger partial charge is 0.484 e. The summed E-state index contributed by atoms with van der Waals surface area (Å²) in [5, 5.41) is 2.68. The van der Waals surface area contributed by atoms with Crippen molar-refractivity contribution in [3.63, 3.8) is 0 Å². The highest BCUT2D eigenvalue weighted by Crippen LogP contribution is 2.34. The smallest absolute Gasteiger partial charge is 0.422 e. The summed E-state index contributed by atoms with van der Waals surface area (Å²) in [4.78, 5) is 27.4. The number of nitrogens with zero attached hydrogens (tertiary/aromatic N) is 1. The fourth-order valence-corrected chi connectivity index (χ4v) is 3.98. The number of hydrogen-bond donors (Lipinski definition) is 1. The van der Waals surface area contributed by atoms with Crippen LogP contribution in [0.5, 0.6) is 5.75 Å². The summed E-state index contributed by atoms with van der Waals surface area (Å²) >= 11 is 1.70. The lowest BCUT2D eigenvalue weighted by Gasteiger charge is -2.29. The molecular formula is C21H21F3N2O3S. The van der Waals surface area contributed by atoms with Gasteiger partial charge in [-0.2, -0.15) is 13.2 Å². The summed E-state index contributed by atoms with van der Waals surface area (Å²) in [5.74, 6) is 0.475. The third-order valence-electron chi connectivity index (χ3n) is 4.39. The molecule has 1 N–H and O–H groups in total. The minimum Gasteiger partial charge on any atom is -0.484 e. The zero-order valence-electron chi connectivity index (χ0n) is 16.1. The lowest BCUT2D eigenvalue weighted by molar-refractivity contribution is -0.153. The number of nitrogens with one attached hydrogen (secondary N) is 1. The number of alkyl halides is 3. The average molecular weight is 438 g/mol. The summed E-state index contributed by atoms with van der Waals surface area (Å²) in [6, 6.07) is 13.8. The van der Waals surface area contributed by atoms with Crippen LogP contribution in [-0.2, 0) is 16.1 Å². The first-order chi connectivity index (χ1) is 14.3. The molecule has 0 fully saturated rings. The molecule has 1 heterocycles. The predicted octanol–water partition coefficient (Wildman–Crippen LogP) is 4.16. The number of rotatable bonds is 7. The number of anilines is 1. The maximum absolute atomic E-state index is 12.6. The van der Waals surface area contributed by atoms with E-state index in [9.17, 15) is 22.8 Å². The molecular weight excluding hydrogens is 417 g/mol. The van der Waals surface area contributed by atoms with Gasteiger partial charge in [0.1, 0.15) is 5.75 Å². The molecule has 2 aromatic carbocycles. The predicted molar refractivity (Wildman–Crippen MR) is 109 cm³/mol. The molecule has 160 valence electrons. The van der Waals surface area contributed by atoms with E-state index in [1.54, 1.807) is 28.8 Å². The van der Waals surface area contributed by atoms with Crippen molar-refractivity contribution in [1.82, 2.24) is 5.32 Å². The van der Waals surface area contributed by atoms with Crippen LogP contribution in [0.1, 0.15) is 18.4 Å². The number of carbonyl (C=O) groups excluding carboxylic acids is 2. The molecule has 30 heavy (non-hydrogen) atoms. The summed E-state index contributed by atoms with van der Waals surface area (Å²) < 4.78 is 41.4. The Balaban J connectivity index is 1.46. The Kier molecular flexibility index (Phi) is 7.25. The molecule has 2 aromatic rings. The third-order valence-corrected chi connectivity index (χ3v) is 5.43. The molecule has 0 radical (unpaired) electrons. The van der Waals surface area contributed by atoms with Crippen LogP contribution in [0.25, 0.3) is 0 Å². The van der Waals surface area contributed by atoms with Gasteiger partial charge in [-0.25, -0.2) is 0 Å². The van der Waals surface area contributed by atoms with Crippen molar-refractivity contribution in [2.24, 2.45) is 0 Å². The minimum absolute atomic E-state index is 0.0366. The van der Waals surface area contributed by atoms with Gasteiger partial charge in [0, 0.05) is 36.6 Å². The molecule has 0 aliphatic carbocycles. The Bertz CT molecular complexity index is 905. The van der Waals surface area contributed by atoms with Gasteiger partial charge in [0.15, 0.2) is 6.61 Å². The molecule has 0 bridgehead atoms. The average Bonchev–Trinajstić information content (AvgIpc) is 2.74. The first-order valence-electron chi connectivity index (χ1n) is 9.39.